The zero-order valence-corrected chi connectivity index (χ0v) is 11.9. The van der Waals surface area contributed by atoms with Gasteiger partial charge in [0.25, 0.3) is 0 Å². The van der Waals surface area contributed by atoms with Crippen LogP contribution in [0.2, 0.25) is 0 Å². The van der Waals surface area contributed by atoms with Crippen LogP contribution in [0.15, 0.2) is 0 Å². The second-order valence-corrected chi connectivity index (χ2v) is 7.14. The van der Waals surface area contributed by atoms with Gasteiger partial charge in [0, 0.05) is 32.2 Å². The normalized spacial score (nSPS) is 25.1. The second kappa shape index (κ2) is 6.13. The Bertz CT molecular complexity index is 332. The van der Waals surface area contributed by atoms with E-state index in [2.05, 4.69) is 18.9 Å². The molecule has 0 aromatic heterocycles. The summed E-state index contributed by atoms with van der Waals surface area (Å²) in [5.41, 5.74) is 5.63. The molecule has 17 heavy (non-hydrogen) atoms. The van der Waals surface area contributed by atoms with Gasteiger partial charge in [0.1, 0.15) is 0 Å². The molecule has 0 aromatic rings. The van der Waals surface area contributed by atoms with Crippen LogP contribution in [0.5, 0.6) is 0 Å². The highest BCUT2D eigenvalue weighted by Gasteiger charge is 2.26. The molecule has 6 heteroatoms. The smallest absolute Gasteiger partial charge is 0.211 e. The lowest BCUT2D eigenvalue weighted by Crippen LogP contribution is -2.45. The van der Waals surface area contributed by atoms with E-state index in [1.165, 1.54) is 6.26 Å². The molecule has 1 rings (SSSR count). The van der Waals surface area contributed by atoms with Crippen molar-refractivity contribution in [2.45, 2.75) is 25.8 Å². The minimum absolute atomic E-state index is 0.351. The third-order valence-corrected chi connectivity index (χ3v) is 4.86. The van der Waals surface area contributed by atoms with Crippen LogP contribution in [0.1, 0.15) is 19.8 Å². The van der Waals surface area contributed by atoms with Crippen molar-refractivity contribution in [1.82, 2.24) is 9.21 Å². The number of piperidine rings is 1. The molecule has 0 amide bonds. The number of sulfonamides is 1. The van der Waals surface area contributed by atoms with Crippen molar-refractivity contribution in [2.24, 2.45) is 11.7 Å². The molecular weight excluding hydrogens is 238 g/mol. The van der Waals surface area contributed by atoms with Crippen LogP contribution in [0.25, 0.3) is 0 Å². The van der Waals surface area contributed by atoms with E-state index in [1.54, 1.807) is 4.31 Å². The average molecular weight is 263 g/mol. The molecule has 0 saturated carbocycles. The lowest BCUT2D eigenvalue weighted by molar-refractivity contribution is 0.173. The van der Waals surface area contributed by atoms with Gasteiger partial charge in [-0.25, -0.2) is 12.7 Å². The summed E-state index contributed by atoms with van der Waals surface area (Å²) < 4.78 is 24.6. The first-order valence-electron chi connectivity index (χ1n) is 6.20. The van der Waals surface area contributed by atoms with Crippen LogP contribution in [-0.4, -0.2) is 63.1 Å². The first-order chi connectivity index (χ1) is 7.84. The van der Waals surface area contributed by atoms with Crippen molar-refractivity contribution < 1.29 is 8.42 Å². The minimum atomic E-state index is -3.03. The Hall–Kier alpha value is -0.170. The topological polar surface area (TPSA) is 66.6 Å². The maximum Gasteiger partial charge on any atom is 0.211 e. The molecule has 0 spiro atoms. The molecule has 2 unspecified atom stereocenters. The van der Waals surface area contributed by atoms with Crippen molar-refractivity contribution in [3.8, 4) is 0 Å². The van der Waals surface area contributed by atoms with Gasteiger partial charge in [-0.2, -0.15) is 0 Å². The Balaban J connectivity index is 2.50. The van der Waals surface area contributed by atoms with E-state index in [0.717, 1.165) is 19.4 Å². The van der Waals surface area contributed by atoms with Gasteiger partial charge in [-0.05, 0) is 32.7 Å². The molecule has 2 N–H and O–H groups in total. The molecule has 102 valence electrons. The Morgan fingerprint density at radius 1 is 1.53 bits per heavy atom. The molecule has 0 aromatic carbocycles. The molecule has 1 heterocycles. The second-order valence-electron chi connectivity index (χ2n) is 5.15. The molecule has 5 nitrogen and oxygen atoms in total. The monoisotopic (exact) mass is 263 g/mol. The Morgan fingerprint density at radius 2 is 2.18 bits per heavy atom. The van der Waals surface area contributed by atoms with Crippen LogP contribution in [0, 0.1) is 5.92 Å². The first-order valence-corrected chi connectivity index (χ1v) is 8.05. The van der Waals surface area contributed by atoms with Gasteiger partial charge in [-0.3, -0.25) is 0 Å². The summed E-state index contributed by atoms with van der Waals surface area (Å²) in [6.07, 6.45) is 3.36. The Morgan fingerprint density at radius 3 is 2.71 bits per heavy atom. The number of likely N-dealkylation sites (N-methyl/N-ethyl adjacent to an activating group) is 1. The summed E-state index contributed by atoms with van der Waals surface area (Å²) in [7, 11) is -0.978. The summed E-state index contributed by atoms with van der Waals surface area (Å²) >= 11 is 0. The maximum absolute atomic E-state index is 11.5. The lowest BCUT2D eigenvalue weighted by Gasteiger charge is -2.34. The molecule has 1 saturated heterocycles. The number of hydrogen-bond donors (Lipinski definition) is 1. The summed E-state index contributed by atoms with van der Waals surface area (Å²) in [6, 6.07) is 0.351. The number of rotatable bonds is 5. The summed E-state index contributed by atoms with van der Waals surface area (Å²) in [5.74, 6) is 0.428. The van der Waals surface area contributed by atoms with Gasteiger partial charge in [-0.15, -0.1) is 0 Å². The van der Waals surface area contributed by atoms with Gasteiger partial charge >= 0.3 is 0 Å². The molecule has 1 aliphatic heterocycles. The highest BCUT2D eigenvalue weighted by atomic mass is 32.2. The predicted molar refractivity (Wildman–Crippen MR) is 70.3 cm³/mol. The fraction of sp³-hybridized carbons (Fsp3) is 1.00. The minimum Gasteiger partial charge on any atom is -0.329 e. The largest absolute Gasteiger partial charge is 0.329 e. The van der Waals surface area contributed by atoms with E-state index in [1.807, 2.05) is 0 Å². The van der Waals surface area contributed by atoms with Gasteiger partial charge < -0.3 is 10.6 Å². The molecule has 0 radical (unpaired) electrons. The Kier molecular flexibility index (Phi) is 5.37. The third-order valence-electron chi connectivity index (χ3n) is 3.59. The molecule has 1 aliphatic rings. The molecule has 0 aliphatic carbocycles. The van der Waals surface area contributed by atoms with Crippen molar-refractivity contribution in [3.63, 3.8) is 0 Å². The van der Waals surface area contributed by atoms with E-state index in [9.17, 15) is 8.42 Å². The van der Waals surface area contributed by atoms with Crippen LogP contribution >= 0.6 is 0 Å². The summed E-state index contributed by atoms with van der Waals surface area (Å²) in [4.78, 5) is 2.22. The SMILES string of the molecule is CC(CN)N(C)CC1CCCN(S(C)(=O)=O)C1. The molecule has 0 bridgehead atoms. The zero-order valence-electron chi connectivity index (χ0n) is 11.1. The Labute approximate surface area is 105 Å². The van der Waals surface area contributed by atoms with Crippen LogP contribution in [-0.2, 0) is 10.0 Å². The maximum atomic E-state index is 11.5. The number of hydrogen-bond acceptors (Lipinski definition) is 4. The zero-order chi connectivity index (χ0) is 13.1. The van der Waals surface area contributed by atoms with Crippen molar-refractivity contribution >= 4 is 10.0 Å². The van der Waals surface area contributed by atoms with Crippen molar-refractivity contribution in [3.05, 3.63) is 0 Å². The highest BCUT2D eigenvalue weighted by molar-refractivity contribution is 7.88. The van der Waals surface area contributed by atoms with Gasteiger partial charge in [-0.1, -0.05) is 0 Å². The van der Waals surface area contributed by atoms with Crippen LogP contribution in [0.3, 0.4) is 0 Å². The van der Waals surface area contributed by atoms with Crippen LogP contribution in [0.4, 0.5) is 0 Å². The fourth-order valence-corrected chi connectivity index (χ4v) is 3.19. The summed E-state index contributed by atoms with van der Waals surface area (Å²) in [5, 5.41) is 0. The van der Waals surface area contributed by atoms with Crippen LogP contribution < -0.4 is 5.73 Å². The van der Waals surface area contributed by atoms with Crippen molar-refractivity contribution in [1.29, 1.82) is 0 Å². The number of nitrogens with two attached hydrogens (primary N) is 1. The van der Waals surface area contributed by atoms with Gasteiger partial charge in [0.05, 0.1) is 6.26 Å². The number of nitrogens with zero attached hydrogens (tertiary/aromatic N) is 2. The van der Waals surface area contributed by atoms with E-state index in [-0.39, 0.29) is 0 Å². The van der Waals surface area contributed by atoms with E-state index < -0.39 is 10.0 Å². The third kappa shape index (κ3) is 4.54. The summed E-state index contributed by atoms with van der Waals surface area (Å²) in [6.45, 7) is 4.98. The standard InChI is InChI=1S/C11H25N3O2S/c1-10(7-12)13(2)8-11-5-4-6-14(9-11)17(3,15)16/h10-11H,4-9,12H2,1-3H3. The molecule has 1 fully saturated rings. The fourth-order valence-electron chi connectivity index (χ4n) is 2.24. The first kappa shape index (κ1) is 14.9. The lowest BCUT2D eigenvalue weighted by atomic mass is 9.99. The van der Waals surface area contributed by atoms with E-state index >= 15 is 0 Å². The van der Waals surface area contributed by atoms with E-state index in [4.69, 9.17) is 5.73 Å². The average Bonchev–Trinajstić information content (AvgIpc) is 2.27. The highest BCUT2D eigenvalue weighted by Crippen LogP contribution is 2.19. The molecule has 2 atom stereocenters. The molecular formula is C11H25N3O2S. The van der Waals surface area contributed by atoms with Crippen molar-refractivity contribution in [2.75, 3.05) is 39.5 Å². The van der Waals surface area contributed by atoms with E-state index in [0.29, 0.717) is 31.6 Å². The quantitative estimate of drug-likeness (QED) is 0.754. The van der Waals surface area contributed by atoms with Gasteiger partial charge in [0.2, 0.25) is 10.0 Å². The predicted octanol–water partition coefficient (Wildman–Crippen LogP) is -0.0630. The van der Waals surface area contributed by atoms with Gasteiger partial charge in [0.15, 0.2) is 0 Å².